The summed E-state index contributed by atoms with van der Waals surface area (Å²) >= 11 is 5.36. The number of nitrogens with zero attached hydrogens (tertiary/aromatic N) is 1. The average molecular weight is 248 g/mol. The van der Waals surface area contributed by atoms with Gasteiger partial charge in [0, 0.05) is 13.1 Å². The summed E-state index contributed by atoms with van der Waals surface area (Å²) in [7, 11) is 0. The van der Waals surface area contributed by atoms with Crippen LogP contribution in [0, 0.1) is 5.92 Å². The Kier molecular flexibility index (Phi) is 4.19. The second-order valence-electron chi connectivity index (χ2n) is 5.14. The van der Waals surface area contributed by atoms with Crippen molar-refractivity contribution >= 4 is 22.9 Å². The lowest BCUT2D eigenvalue weighted by Crippen LogP contribution is -2.27. The van der Waals surface area contributed by atoms with Gasteiger partial charge in [0.15, 0.2) is 0 Å². The summed E-state index contributed by atoms with van der Waals surface area (Å²) in [6.45, 7) is 6.72. The number of likely N-dealkylation sites (tertiary alicyclic amines) is 1. The Bertz CT molecular complexity index is 285. The Balaban J connectivity index is 2.34. The third kappa shape index (κ3) is 4.39. The van der Waals surface area contributed by atoms with Crippen LogP contribution in [0.1, 0.15) is 33.6 Å². The van der Waals surface area contributed by atoms with E-state index in [1.54, 1.807) is 4.90 Å². The lowest BCUT2D eigenvalue weighted by molar-refractivity contribution is -0.155. The molecule has 1 fully saturated rings. The van der Waals surface area contributed by atoms with Crippen molar-refractivity contribution in [3.05, 3.63) is 0 Å². The number of hydrogen-bond donors (Lipinski definition) is 0. The van der Waals surface area contributed by atoms with Gasteiger partial charge in [0.25, 0.3) is 0 Å². The Morgan fingerprint density at radius 1 is 1.44 bits per heavy atom. The summed E-state index contributed by atoms with van der Waals surface area (Å²) in [6, 6.07) is 0. The molecule has 0 spiro atoms. The molecule has 0 aromatic heterocycles. The highest BCUT2D eigenvalue weighted by Crippen LogP contribution is 2.22. The normalized spacial score (nSPS) is 21.0. The summed E-state index contributed by atoms with van der Waals surface area (Å²) in [4.78, 5) is 24.0. The predicted molar refractivity (Wildman–Crippen MR) is 61.4 cm³/mol. The van der Waals surface area contributed by atoms with E-state index in [1.165, 1.54) is 0 Å². The monoisotopic (exact) mass is 247 g/mol. The average Bonchev–Trinajstić information content (AvgIpc) is 2.48. The minimum Gasteiger partial charge on any atom is -0.460 e. The van der Waals surface area contributed by atoms with Gasteiger partial charge < -0.3 is 9.64 Å². The maximum Gasteiger partial charge on any atom is 0.316 e. The van der Waals surface area contributed by atoms with Crippen LogP contribution in [0.3, 0.4) is 0 Å². The molecular formula is C11H18ClNO3. The van der Waals surface area contributed by atoms with E-state index in [1.807, 2.05) is 20.8 Å². The molecule has 0 aromatic rings. The first-order valence-electron chi connectivity index (χ1n) is 5.44. The first kappa shape index (κ1) is 13.3. The molecule has 0 N–H and O–H groups in total. The molecule has 0 aliphatic carbocycles. The molecule has 1 amide bonds. The number of halogens is 1. The highest BCUT2D eigenvalue weighted by Gasteiger charge is 2.28. The van der Waals surface area contributed by atoms with Gasteiger partial charge in [0.05, 0.1) is 6.42 Å². The van der Waals surface area contributed by atoms with Crippen LogP contribution in [0.2, 0.25) is 0 Å². The van der Waals surface area contributed by atoms with Crippen molar-refractivity contribution in [3.63, 3.8) is 0 Å². The van der Waals surface area contributed by atoms with Crippen molar-refractivity contribution < 1.29 is 14.3 Å². The fraction of sp³-hybridized carbons (Fsp3) is 0.818. The topological polar surface area (TPSA) is 46.6 Å². The number of hydrogen-bond acceptors (Lipinski definition) is 3. The summed E-state index contributed by atoms with van der Waals surface area (Å²) in [5.74, 6) is -0.0288. The van der Waals surface area contributed by atoms with Crippen LogP contribution in [0.15, 0.2) is 0 Å². The van der Waals surface area contributed by atoms with Crippen LogP contribution in [-0.4, -0.2) is 34.9 Å². The molecule has 0 saturated carbocycles. The van der Waals surface area contributed by atoms with Crippen LogP contribution >= 0.6 is 11.6 Å². The van der Waals surface area contributed by atoms with Gasteiger partial charge in [-0.05, 0) is 44.7 Å². The van der Waals surface area contributed by atoms with Gasteiger partial charge in [0.2, 0.25) is 0 Å². The van der Waals surface area contributed by atoms with E-state index in [9.17, 15) is 9.59 Å². The second kappa shape index (κ2) is 5.04. The highest BCUT2D eigenvalue weighted by atomic mass is 35.5. The molecular weight excluding hydrogens is 230 g/mol. The lowest BCUT2D eigenvalue weighted by atomic mass is 10.1. The number of esters is 1. The summed E-state index contributed by atoms with van der Waals surface area (Å²) in [5, 5.41) is -0.438. The first-order valence-corrected chi connectivity index (χ1v) is 5.82. The summed E-state index contributed by atoms with van der Waals surface area (Å²) in [6.07, 6.45) is 1.18. The predicted octanol–water partition coefficient (Wildman–Crippen LogP) is 2.40. The molecule has 1 aliphatic heterocycles. The summed E-state index contributed by atoms with van der Waals surface area (Å²) < 4.78 is 5.22. The van der Waals surface area contributed by atoms with E-state index < -0.39 is 11.0 Å². The third-order valence-electron chi connectivity index (χ3n) is 2.41. The van der Waals surface area contributed by atoms with E-state index in [0.29, 0.717) is 19.5 Å². The molecule has 1 atom stereocenters. The lowest BCUT2D eigenvalue weighted by Gasteiger charge is -2.20. The number of amides is 1. The Morgan fingerprint density at radius 3 is 2.50 bits per heavy atom. The quantitative estimate of drug-likeness (QED) is 0.428. The van der Waals surface area contributed by atoms with Crippen molar-refractivity contribution in [1.82, 2.24) is 4.90 Å². The zero-order chi connectivity index (χ0) is 12.3. The van der Waals surface area contributed by atoms with Gasteiger partial charge in [-0.2, -0.15) is 0 Å². The van der Waals surface area contributed by atoms with E-state index >= 15 is 0 Å². The molecule has 0 unspecified atom stereocenters. The van der Waals surface area contributed by atoms with Crippen molar-refractivity contribution in [2.24, 2.45) is 5.92 Å². The summed E-state index contributed by atoms with van der Waals surface area (Å²) in [5.41, 5.74) is -0.447. The second-order valence-corrected chi connectivity index (χ2v) is 5.47. The van der Waals surface area contributed by atoms with Gasteiger partial charge in [-0.25, -0.2) is 0 Å². The minimum absolute atomic E-state index is 0.178. The Hall–Kier alpha value is -0.770. The highest BCUT2D eigenvalue weighted by molar-refractivity contribution is 6.62. The molecule has 1 rings (SSSR count). The van der Waals surface area contributed by atoms with Gasteiger partial charge in [0.1, 0.15) is 5.60 Å². The van der Waals surface area contributed by atoms with Crippen molar-refractivity contribution in [1.29, 1.82) is 0 Å². The zero-order valence-electron chi connectivity index (χ0n) is 9.96. The molecule has 1 saturated heterocycles. The molecule has 1 aliphatic rings. The number of rotatable bonds is 2. The van der Waals surface area contributed by atoms with Crippen LogP contribution < -0.4 is 0 Å². The molecule has 4 nitrogen and oxygen atoms in total. The van der Waals surface area contributed by atoms with Gasteiger partial charge >= 0.3 is 11.3 Å². The Morgan fingerprint density at radius 2 is 2.06 bits per heavy atom. The van der Waals surface area contributed by atoms with E-state index in [-0.39, 0.29) is 11.9 Å². The first-order chi connectivity index (χ1) is 7.28. The number of carbonyl (C=O) groups is 2. The van der Waals surface area contributed by atoms with Crippen LogP contribution in [0.25, 0.3) is 0 Å². The minimum atomic E-state index is -0.447. The molecule has 1 heterocycles. The smallest absolute Gasteiger partial charge is 0.316 e. The van der Waals surface area contributed by atoms with Gasteiger partial charge in [-0.3, -0.25) is 9.59 Å². The number of carbonyl (C=O) groups excluding carboxylic acids is 2. The molecule has 0 aromatic carbocycles. The molecule has 0 radical (unpaired) electrons. The van der Waals surface area contributed by atoms with Crippen LogP contribution in [0.5, 0.6) is 0 Å². The molecule has 0 bridgehead atoms. The van der Waals surface area contributed by atoms with Crippen LogP contribution in [0.4, 0.5) is 4.79 Å². The third-order valence-corrected chi connectivity index (χ3v) is 2.65. The van der Waals surface area contributed by atoms with Gasteiger partial charge in [-0.1, -0.05) is 0 Å². The molecule has 5 heteroatoms. The van der Waals surface area contributed by atoms with Crippen LogP contribution in [-0.2, 0) is 9.53 Å². The standard InChI is InChI=1S/C11H18ClNO3/c1-11(2,3)16-9(14)6-8-4-5-13(7-8)10(12)15/h8H,4-7H2,1-3H3/t8-/m0/s1. The zero-order valence-corrected chi connectivity index (χ0v) is 10.7. The molecule has 92 valence electrons. The van der Waals surface area contributed by atoms with Crippen molar-refractivity contribution in [2.75, 3.05) is 13.1 Å². The van der Waals surface area contributed by atoms with Crippen molar-refractivity contribution in [3.8, 4) is 0 Å². The fourth-order valence-corrected chi connectivity index (χ4v) is 1.93. The van der Waals surface area contributed by atoms with E-state index in [2.05, 4.69) is 0 Å². The SMILES string of the molecule is CC(C)(C)OC(=O)C[C@@H]1CCN(C(=O)Cl)C1. The van der Waals surface area contributed by atoms with E-state index in [0.717, 1.165) is 6.42 Å². The fourth-order valence-electron chi connectivity index (χ4n) is 1.78. The molecule has 16 heavy (non-hydrogen) atoms. The Labute approximate surface area is 101 Å². The largest absolute Gasteiger partial charge is 0.460 e. The number of ether oxygens (including phenoxy) is 1. The van der Waals surface area contributed by atoms with E-state index in [4.69, 9.17) is 16.3 Å². The maximum absolute atomic E-state index is 11.5. The maximum atomic E-state index is 11.5. The van der Waals surface area contributed by atoms with Crippen molar-refractivity contribution in [2.45, 2.75) is 39.2 Å². The van der Waals surface area contributed by atoms with Gasteiger partial charge in [-0.15, -0.1) is 0 Å².